The van der Waals surface area contributed by atoms with Crippen LogP contribution in [0.25, 0.3) is 0 Å². The van der Waals surface area contributed by atoms with Gasteiger partial charge in [0, 0.05) is 17.6 Å². The molecule has 0 unspecified atom stereocenters. The van der Waals surface area contributed by atoms with Crippen molar-refractivity contribution >= 4 is 23.3 Å². The van der Waals surface area contributed by atoms with Gasteiger partial charge in [-0.05, 0) is 49.4 Å². The van der Waals surface area contributed by atoms with E-state index in [-0.39, 0.29) is 12.1 Å². The largest absolute Gasteiger partial charge is 0.495 e. The fourth-order valence-electron chi connectivity index (χ4n) is 2.98. The zero-order valence-electron chi connectivity index (χ0n) is 14.5. The molecule has 138 valence electrons. The number of methoxy groups -OCH3 is 1. The van der Waals surface area contributed by atoms with Crippen LogP contribution in [-0.4, -0.2) is 29.5 Å². The Kier molecular flexibility index (Phi) is 5.78. The number of halogens is 1. The van der Waals surface area contributed by atoms with Crippen LogP contribution in [0.3, 0.4) is 0 Å². The molecule has 1 aromatic heterocycles. The van der Waals surface area contributed by atoms with E-state index in [4.69, 9.17) is 16.3 Å². The summed E-state index contributed by atoms with van der Waals surface area (Å²) in [4.78, 5) is 24.2. The van der Waals surface area contributed by atoms with E-state index in [0.717, 1.165) is 36.9 Å². The maximum Gasteiger partial charge on any atom is 0.319 e. The van der Waals surface area contributed by atoms with Crippen molar-refractivity contribution in [1.29, 1.82) is 0 Å². The van der Waals surface area contributed by atoms with E-state index in [9.17, 15) is 9.59 Å². The van der Waals surface area contributed by atoms with Crippen LogP contribution in [0, 0.1) is 0 Å². The van der Waals surface area contributed by atoms with Crippen LogP contribution in [0.15, 0.2) is 29.1 Å². The van der Waals surface area contributed by atoms with E-state index in [2.05, 4.69) is 15.7 Å². The van der Waals surface area contributed by atoms with Gasteiger partial charge >= 0.3 is 6.03 Å². The van der Waals surface area contributed by atoms with E-state index >= 15 is 0 Å². The van der Waals surface area contributed by atoms with Crippen molar-refractivity contribution in [2.45, 2.75) is 32.2 Å². The molecule has 0 saturated carbocycles. The Morgan fingerprint density at radius 3 is 2.92 bits per heavy atom. The first-order valence-electron chi connectivity index (χ1n) is 8.55. The van der Waals surface area contributed by atoms with Crippen molar-refractivity contribution in [2.24, 2.45) is 0 Å². The number of hydrogen-bond donors (Lipinski definition) is 2. The molecule has 0 aliphatic heterocycles. The molecule has 1 heterocycles. The zero-order chi connectivity index (χ0) is 18.5. The van der Waals surface area contributed by atoms with Gasteiger partial charge in [0.15, 0.2) is 0 Å². The number of amides is 2. The van der Waals surface area contributed by atoms with Gasteiger partial charge in [0.1, 0.15) is 5.75 Å². The molecule has 0 bridgehead atoms. The molecule has 1 aliphatic carbocycles. The van der Waals surface area contributed by atoms with Gasteiger partial charge in [-0.1, -0.05) is 11.6 Å². The average Bonchev–Trinajstić information content (AvgIpc) is 2.62. The second-order valence-electron chi connectivity index (χ2n) is 6.11. The molecule has 0 spiro atoms. The number of anilines is 1. The lowest BCUT2D eigenvalue weighted by Crippen LogP contribution is -2.35. The first kappa shape index (κ1) is 18.3. The number of ether oxygens (including phenoxy) is 1. The molecule has 1 aliphatic rings. The van der Waals surface area contributed by atoms with Crippen molar-refractivity contribution in [3.63, 3.8) is 0 Å². The Bertz CT molecular complexity index is 866. The fourth-order valence-corrected chi connectivity index (χ4v) is 3.15. The Morgan fingerprint density at radius 1 is 1.31 bits per heavy atom. The highest BCUT2D eigenvalue weighted by Crippen LogP contribution is 2.27. The maximum atomic E-state index is 12.1. The number of carbonyl (C=O) groups excluding carboxylic acids is 1. The first-order chi connectivity index (χ1) is 12.6. The zero-order valence-corrected chi connectivity index (χ0v) is 15.3. The molecule has 2 N–H and O–H groups in total. The summed E-state index contributed by atoms with van der Waals surface area (Å²) < 4.78 is 6.59. The summed E-state index contributed by atoms with van der Waals surface area (Å²) in [7, 11) is 1.51. The highest BCUT2D eigenvalue weighted by atomic mass is 35.5. The molecular formula is C18H21ClN4O3. The standard InChI is InChI=1S/C18H21ClN4O3/c1-26-16-7-6-13(19)11-15(16)21-18(25)20-8-9-23-17(24)10-12-4-2-3-5-14(12)22-23/h6-7,10-11H,2-5,8-9H2,1H3,(H2,20,21,25). The second kappa shape index (κ2) is 8.23. The van der Waals surface area contributed by atoms with Crippen LogP contribution < -0.4 is 20.9 Å². The number of rotatable bonds is 5. The third-order valence-electron chi connectivity index (χ3n) is 4.29. The predicted octanol–water partition coefficient (Wildman–Crippen LogP) is 2.61. The predicted molar refractivity (Wildman–Crippen MR) is 100 cm³/mol. The van der Waals surface area contributed by atoms with E-state index < -0.39 is 6.03 Å². The molecule has 3 rings (SSSR count). The van der Waals surface area contributed by atoms with Gasteiger partial charge in [0.2, 0.25) is 0 Å². The number of benzene rings is 1. The van der Waals surface area contributed by atoms with Crippen LogP contribution in [0.1, 0.15) is 24.1 Å². The number of hydrogen-bond acceptors (Lipinski definition) is 4. The van der Waals surface area contributed by atoms with Gasteiger partial charge in [0.05, 0.1) is 25.0 Å². The molecule has 0 radical (unpaired) electrons. The summed E-state index contributed by atoms with van der Waals surface area (Å²) in [6, 6.07) is 6.22. The summed E-state index contributed by atoms with van der Waals surface area (Å²) in [6.45, 7) is 0.590. The lowest BCUT2D eigenvalue weighted by Gasteiger charge is -2.16. The molecule has 0 saturated heterocycles. The number of aryl methyl sites for hydroxylation is 2. The summed E-state index contributed by atoms with van der Waals surface area (Å²) in [5.41, 5.74) is 2.38. The Balaban J connectivity index is 1.57. The van der Waals surface area contributed by atoms with Gasteiger partial charge in [-0.3, -0.25) is 4.79 Å². The summed E-state index contributed by atoms with van der Waals surface area (Å²) in [5.74, 6) is 0.511. The summed E-state index contributed by atoms with van der Waals surface area (Å²) >= 11 is 5.94. The van der Waals surface area contributed by atoms with E-state index in [1.807, 2.05) is 0 Å². The minimum Gasteiger partial charge on any atom is -0.495 e. The number of nitrogens with zero attached hydrogens (tertiary/aromatic N) is 2. The van der Waals surface area contributed by atoms with E-state index in [1.54, 1.807) is 24.3 Å². The van der Waals surface area contributed by atoms with Crippen molar-refractivity contribution in [2.75, 3.05) is 19.0 Å². The Hall–Kier alpha value is -2.54. The van der Waals surface area contributed by atoms with E-state index in [1.165, 1.54) is 11.8 Å². The maximum absolute atomic E-state index is 12.1. The van der Waals surface area contributed by atoms with Gasteiger partial charge in [0.25, 0.3) is 5.56 Å². The second-order valence-corrected chi connectivity index (χ2v) is 6.55. The summed E-state index contributed by atoms with van der Waals surface area (Å²) in [5, 5.41) is 10.3. The normalized spacial score (nSPS) is 13.0. The average molecular weight is 377 g/mol. The van der Waals surface area contributed by atoms with Crippen molar-refractivity contribution in [3.8, 4) is 5.75 Å². The molecule has 26 heavy (non-hydrogen) atoms. The molecule has 2 aromatic rings. The quantitative estimate of drug-likeness (QED) is 0.840. The fraction of sp³-hybridized carbons (Fsp3) is 0.389. The third kappa shape index (κ3) is 4.35. The molecule has 1 aromatic carbocycles. The number of aromatic nitrogens is 2. The molecule has 0 atom stereocenters. The number of carbonyl (C=O) groups is 1. The molecule has 2 amide bonds. The smallest absolute Gasteiger partial charge is 0.319 e. The molecule has 7 nitrogen and oxygen atoms in total. The van der Waals surface area contributed by atoms with Crippen LogP contribution in [-0.2, 0) is 19.4 Å². The topological polar surface area (TPSA) is 85.2 Å². The minimum absolute atomic E-state index is 0.135. The SMILES string of the molecule is COc1ccc(Cl)cc1NC(=O)NCCn1nc2c(cc1=O)CCCC2. The van der Waals surface area contributed by atoms with Crippen molar-refractivity contribution in [1.82, 2.24) is 15.1 Å². The minimum atomic E-state index is -0.406. The number of nitrogens with one attached hydrogen (secondary N) is 2. The van der Waals surface area contributed by atoms with Crippen LogP contribution in [0.4, 0.5) is 10.5 Å². The van der Waals surface area contributed by atoms with Gasteiger partial charge < -0.3 is 15.4 Å². The molecule has 8 heteroatoms. The van der Waals surface area contributed by atoms with E-state index in [0.29, 0.717) is 23.0 Å². The molecule has 0 fully saturated rings. The lowest BCUT2D eigenvalue weighted by molar-refractivity contribution is 0.251. The first-order valence-corrected chi connectivity index (χ1v) is 8.93. The highest BCUT2D eigenvalue weighted by molar-refractivity contribution is 6.31. The van der Waals surface area contributed by atoms with Crippen LogP contribution in [0.2, 0.25) is 5.02 Å². The summed E-state index contributed by atoms with van der Waals surface area (Å²) in [6.07, 6.45) is 4.02. The Labute approximate surface area is 156 Å². The monoisotopic (exact) mass is 376 g/mol. The number of urea groups is 1. The third-order valence-corrected chi connectivity index (χ3v) is 4.53. The highest BCUT2D eigenvalue weighted by Gasteiger charge is 2.13. The van der Waals surface area contributed by atoms with Gasteiger partial charge in [-0.2, -0.15) is 5.10 Å². The van der Waals surface area contributed by atoms with Crippen LogP contribution in [0.5, 0.6) is 5.75 Å². The number of fused-ring (bicyclic) bond motifs is 1. The van der Waals surface area contributed by atoms with Crippen LogP contribution >= 0.6 is 11.6 Å². The Morgan fingerprint density at radius 2 is 2.12 bits per heavy atom. The van der Waals surface area contributed by atoms with Crippen molar-refractivity contribution in [3.05, 3.63) is 50.9 Å². The molecular weight excluding hydrogens is 356 g/mol. The lowest BCUT2D eigenvalue weighted by atomic mass is 9.97. The van der Waals surface area contributed by atoms with Crippen molar-refractivity contribution < 1.29 is 9.53 Å². The van der Waals surface area contributed by atoms with Gasteiger partial charge in [-0.25, -0.2) is 9.48 Å². The van der Waals surface area contributed by atoms with Gasteiger partial charge in [-0.15, -0.1) is 0 Å².